The van der Waals surface area contributed by atoms with Crippen molar-refractivity contribution in [2.24, 2.45) is 5.92 Å². The molecule has 5 nitrogen and oxygen atoms in total. The highest BCUT2D eigenvalue weighted by molar-refractivity contribution is 5.97. The van der Waals surface area contributed by atoms with Crippen molar-refractivity contribution in [3.8, 4) is 11.8 Å². The number of carbonyl (C=O) groups excluding carboxylic acids is 1. The zero-order valence-corrected chi connectivity index (χ0v) is 14.7. The molecule has 2 rings (SSSR count). The summed E-state index contributed by atoms with van der Waals surface area (Å²) in [6.45, 7) is 4.78. The Morgan fingerprint density at radius 2 is 2.29 bits per heavy atom. The summed E-state index contributed by atoms with van der Waals surface area (Å²) in [7, 11) is 1.52. The predicted molar refractivity (Wildman–Crippen MR) is 92.9 cm³/mol. The van der Waals surface area contributed by atoms with Gasteiger partial charge in [-0.1, -0.05) is 20.3 Å². The summed E-state index contributed by atoms with van der Waals surface area (Å²) in [6.07, 6.45) is 4.48. The van der Waals surface area contributed by atoms with Gasteiger partial charge in [0.15, 0.2) is 0 Å². The minimum Gasteiger partial charge on any atom is -0.495 e. The second kappa shape index (κ2) is 8.16. The van der Waals surface area contributed by atoms with Crippen LogP contribution in [0.1, 0.15) is 51.5 Å². The lowest BCUT2D eigenvalue weighted by Crippen LogP contribution is -2.48. The molecule has 1 amide bonds. The zero-order valence-electron chi connectivity index (χ0n) is 14.7. The van der Waals surface area contributed by atoms with E-state index in [1.165, 1.54) is 7.11 Å². The molecule has 1 N–H and O–H groups in total. The molecular weight excluding hydrogens is 304 g/mol. The topological polar surface area (TPSA) is 71.3 Å². The van der Waals surface area contributed by atoms with Gasteiger partial charge in [0.1, 0.15) is 17.4 Å². The molecular formula is C19H26N2O3. The zero-order chi connectivity index (χ0) is 17.6. The molecule has 1 aromatic carbocycles. The highest BCUT2D eigenvalue weighted by Gasteiger charge is 2.42. The van der Waals surface area contributed by atoms with Gasteiger partial charge in [0.25, 0.3) is 5.91 Å². The van der Waals surface area contributed by atoms with Crippen molar-refractivity contribution in [1.82, 2.24) is 0 Å². The van der Waals surface area contributed by atoms with Crippen molar-refractivity contribution >= 4 is 11.6 Å². The van der Waals surface area contributed by atoms with Crippen LogP contribution in [0.5, 0.6) is 5.75 Å². The Kier molecular flexibility index (Phi) is 6.22. The Hall–Kier alpha value is -2.06. The van der Waals surface area contributed by atoms with Crippen molar-refractivity contribution < 1.29 is 14.3 Å². The molecule has 0 saturated heterocycles. The van der Waals surface area contributed by atoms with Crippen LogP contribution in [0.25, 0.3) is 0 Å². The first-order valence-corrected chi connectivity index (χ1v) is 8.58. The van der Waals surface area contributed by atoms with Gasteiger partial charge in [-0.15, -0.1) is 0 Å². The van der Waals surface area contributed by atoms with Gasteiger partial charge < -0.3 is 14.8 Å². The lowest BCUT2D eigenvalue weighted by molar-refractivity contribution is -0.148. The molecule has 0 spiro atoms. The van der Waals surface area contributed by atoms with E-state index in [1.54, 1.807) is 18.2 Å². The van der Waals surface area contributed by atoms with Crippen molar-refractivity contribution in [2.75, 3.05) is 19.0 Å². The van der Waals surface area contributed by atoms with Gasteiger partial charge >= 0.3 is 0 Å². The van der Waals surface area contributed by atoms with E-state index in [-0.39, 0.29) is 5.91 Å². The number of benzene rings is 1. The van der Waals surface area contributed by atoms with E-state index >= 15 is 0 Å². The lowest BCUT2D eigenvalue weighted by atomic mass is 9.78. The molecule has 1 aliphatic rings. The predicted octanol–water partition coefficient (Wildman–Crippen LogP) is 3.88. The molecule has 130 valence electrons. The SMILES string of the molecule is CCCO[C@@]1(C(=O)Nc2ccc(OC)c(C#N)c2)CCC[C@H](C)C1. The highest BCUT2D eigenvalue weighted by atomic mass is 16.5. The summed E-state index contributed by atoms with van der Waals surface area (Å²) in [5, 5.41) is 12.1. The number of nitrogens with one attached hydrogen (secondary N) is 1. The number of amides is 1. The first kappa shape index (κ1) is 18.3. The fraction of sp³-hybridized carbons (Fsp3) is 0.579. The van der Waals surface area contributed by atoms with Gasteiger partial charge in [0.2, 0.25) is 0 Å². The number of methoxy groups -OCH3 is 1. The maximum absolute atomic E-state index is 12.9. The van der Waals surface area contributed by atoms with Crippen LogP contribution in [0.3, 0.4) is 0 Å². The molecule has 24 heavy (non-hydrogen) atoms. The van der Waals surface area contributed by atoms with Crippen LogP contribution in [-0.2, 0) is 9.53 Å². The second-order valence-corrected chi connectivity index (χ2v) is 6.53. The van der Waals surface area contributed by atoms with Gasteiger partial charge in [-0.3, -0.25) is 4.79 Å². The maximum atomic E-state index is 12.9. The number of nitrogens with zero attached hydrogens (tertiary/aromatic N) is 1. The second-order valence-electron chi connectivity index (χ2n) is 6.53. The van der Waals surface area contributed by atoms with E-state index in [2.05, 4.69) is 18.3 Å². The molecule has 1 aromatic rings. The molecule has 0 aliphatic heterocycles. The Labute approximate surface area is 144 Å². The Morgan fingerprint density at radius 3 is 2.92 bits per heavy atom. The molecule has 2 atom stereocenters. The van der Waals surface area contributed by atoms with E-state index in [9.17, 15) is 10.1 Å². The van der Waals surface area contributed by atoms with E-state index < -0.39 is 5.60 Å². The first-order valence-electron chi connectivity index (χ1n) is 8.58. The number of hydrogen-bond donors (Lipinski definition) is 1. The number of ether oxygens (including phenoxy) is 2. The maximum Gasteiger partial charge on any atom is 0.256 e. The number of rotatable bonds is 6. The van der Waals surface area contributed by atoms with Gasteiger partial charge in [-0.25, -0.2) is 0 Å². The smallest absolute Gasteiger partial charge is 0.256 e. The van der Waals surface area contributed by atoms with Gasteiger partial charge in [-0.2, -0.15) is 5.26 Å². The number of carbonyl (C=O) groups is 1. The number of hydrogen-bond acceptors (Lipinski definition) is 4. The molecule has 1 saturated carbocycles. The van der Waals surface area contributed by atoms with Gasteiger partial charge in [0, 0.05) is 12.3 Å². The van der Waals surface area contributed by atoms with E-state index in [1.807, 2.05) is 6.92 Å². The van der Waals surface area contributed by atoms with Crippen LogP contribution >= 0.6 is 0 Å². The van der Waals surface area contributed by atoms with Gasteiger partial charge in [0.05, 0.1) is 12.7 Å². The fourth-order valence-corrected chi connectivity index (χ4v) is 3.32. The summed E-state index contributed by atoms with van der Waals surface area (Å²) in [6, 6.07) is 7.16. The third-order valence-corrected chi connectivity index (χ3v) is 4.53. The van der Waals surface area contributed by atoms with Crippen LogP contribution in [0.15, 0.2) is 18.2 Å². The summed E-state index contributed by atoms with van der Waals surface area (Å²) in [5.74, 6) is 0.849. The van der Waals surface area contributed by atoms with Crippen LogP contribution in [0.2, 0.25) is 0 Å². The van der Waals surface area contributed by atoms with Crippen molar-refractivity contribution in [3.63, 3.8) is 0 Å². The third kappa shape index (κ3) is 4.07. The van der Waals surface area contributed by atoms with Crippen LogP contribution in [0.4, 0.5) is 5.69 Å². The van der Waals surface area contributed by atoms with Crippen LogP contribution in [0, 0.1) is 17.2 Å². The normalized spacial score (nSPS) is 23.3. The number of nitriles is 1. The van der Waals surface area contributed by atoms with E-state index in [4.69, 9.17) is 9.47 Å². The average Bonchev–Trinajstić information content (AvgIpc) is 2.59. The molecule has 0 aromatic heterocycles. The molecule has 5 heteroatoms. The first-order chi connectivity index (χ1) is 11.5. The summed E-state index contributed by atoms with van der Waals surface area (Å²) in [4.78, 5) is 12.9. The van der Waals surface area contributed by atoms with Crippen LogP contribution < -0.4 is 10.1 Å². The van der Waals surface area contributed by atoms with Crippen LogP contribution in [-0.4, -0.2) is 25.2 Å². The average molecular weight is 330 g/mol. The van der Waals surface area contributed by atoms with E-state index in [0.717, 1.165) is 32.1 Å². The molecule has 0 heterocycles. The molecule has 0 radical (unpaired) electrons. The Morgan fingerprint density at radius 1 is 1.50 bits per heavy atom. The molecule has 0 unspecified atom stereocenters. The van der Waals surface area contributed by atoms with Crippen molar-refractivity contribution in [2.45, 2.75) is 51.6 Å². The minimum atomic E-state index is -0.763. The Bertz CT molecular complexity index is 624. The van der Waals surface area contributed by atoms with E-state index in [0.29, 0.717) is 29.5 Å². The summed E-state index contributed by atoms with van der Waals surface area (Å²) in [5.41, 5.74) is 0.228. The Balaban J connectivity index is 2.20. The summed E-state index contributed by atoms with van der Waals surface area (Å²) >= 11 is 0. The molecule has 1 fully saturated rings. The number of anilines is 1. The monoisotopic (exact) mass is 330 g/mol. The quantitative estimate of drug-likeness (QED) is 0.859. The lowest BCUT2D eigenvalue weighted by Gasteiger charge is -2.38. The summed E-state index contributed by atoms with van der Waals surface area (Å²) < 4.78 is 11.2. The largest absolute Gasteiger partial charge is 0.495 e. The minimum absolute atomic E-state index is 0.114. The van der Waals surface area contributed by atoms with Crippen molar-refractivity contribution in [3.05, 3.63) is 23.8 Å². The highest BCUT2D eigenvalue weighted by Crippen LogP contribution is 2.36. The third-order valence-electron chi connectivity index (χ3n) is 4.53. The molecule has 0 bridgehead atoms. The standard InChI is InChI=1S/C19H26N2O3/c1-4-10-24-19(9-5-6-14(2)12-19)18(22)21-16-7-8-17(23-3)15(11-16)13-20/h7-8,11,14H,4-6,9-10,12H2,1-3H3,(H,21,22)/t14-,19-/m0/s1. The van der Waals surface area contributed by atoms with Crippen molar-refractivity contribution in [1.29, 1.82) is 5.26 Å². The van der Waals surface area contributed by atoms with Gasteiger partial charge in [-0.05, 0) is 49.8 Å². The molecule has 1 aliphatic carbocycles. The fourth-order valence-electron chi connectivity index (χ4n) is 3.32.